The first-order chi connectivity index (χ1) is 6.13. The van der Waals surface area contributed by atoms with E-state index in [-0.39, 0.29) is 12.4 Å². The maximum absolute atomic E-state index is 11.1. The van der Waals surface area contributed by atoms with E-state index in [1.54, 1.807) is 18.9 Å². The van der Waals surface area contributed by atoms with Gasteiger partial charge in [0.2, 0.25) is 0 Å². The predicted molar refractivity (Wildman–Crippen MR) is 44.4 cm³/mol. The van der Waals surface area contributed by atoms with Crippen molar-refractivity contribution in [3.05, 3.63) is 0 Å². The van der Waals surface area contributed by atoms with Crippen LogP contribution < -0.4 is 0 Å². The lowest BCUT2D eigenvalue weighted by molar-refractivity contribution is -0.124. The van der Waals surface area contributed by atoms with Gasteiger partial charge in [-0.1, -0.05) is 0 Å². The molecular formula is C8H13NO4. The molecule has 5 nitrogen and oxygen atoms in total. The van der Waals surface area contributed by atoms with Crippen molar-refractivity contribution in [2.75, 3.05) is 26.7 Å². The van der Waals surface area contributed by atoms with E-state index in [4.69, 9.17) is 4.74 Å². The van der Waals surface area contributed by atoms with E-state index in [0.717, 1.165) is 0 Å². The van der Waals surface area contributed by atoms with Crippen molar-refractivity contribution in [3.63, 3.8) is 0 Å². The summed E-state index contributed by atoms with van der Waals surface area (Å²) in [5, 5.41) is 0. The zero-order valence-electron chi connectivity index (χ0n) is 7.78. The fraction of sp³-hybridized carbons (Fsp3) is 0.750. The second kappa shape index (κ2) is 4.23. The van der Waals surface area contributed by atoms with E-state index >= 15 is 0 Å². The first kappa shape index (κ1) is 9.98. The van der Waals surface area contributed by atoms with Gasteiger partial charge >= 0.3 is 6.16 Å². The van der Waals surface area contributed by atoms with Gasteiger partial charge in [0.25, 0.3) is 0 Å². The molecule has 0 saturated carbocycles. The van der Waals surface area contributed by atoms with Crippen molar-refractivity contribution in [3.8, 4) is 0 Å². The zero-order chi connectivity index (χ0) is 9.84. The summed E-state index contributed by atoms with van der Waals surface area (Å²) in [6.45, 7) is 2.74. The molecule has 0 bridgehead atoms. The smallest absolute Gasteiger partial charge is 0.435 e. The van der Waals surface area contributed by atoms with Crippen LogP contribution >= 0.6 is 0 Å². The Morgan fingerprint density at radius 2 is 2.38 bits per heavy atom. The van der Waals surface area contributed by atoms with Crippen molar-refractivity contribution in [2.24, 2.45) is 0 Å². The number of likely N-dealkylation sites (N-methyl/N-ethyl adjacent to an activating group) is 1. The molecular weight excluding hydrogens is 174 g/mol. The number of nitrogens with zero attached hydrogens (tertiary/aromatic N) is 1. The number of carbonyl (C=O) groups excluding carboxylic acids is 2. The molecule has 1 unspecified atom stereocenters. The fourth-order valence-corrected chi connectivity index (χ4v) is 1.19. The third-order valence-electron chi connectivity index (χ3n) is 1.76. The minimum absolute atomic E-state index is 0.0736. The van der Waals surface area contributed by atoms with E-state index in [9.17, 15) is 9.59 Å². The lowest BCUT2D eigenvalue weighted by Crippen LogP contribution is -2.26. The SMILES string of the molecule is CCOC(=O)OC1CN(C)CC1=O. The van der Waals surface area contributed by atoms with Crippen LogP contribution in [-0.4, -0.2) is 49.7 Å². The highest BCUT2D eigenvalue weighted by atomic mass is 16.7. The van der Waals surface area contributed by atoms with E-state index in [2.05, 4.69) is 4.74 Å². The minimum Gasteiger partial charge on any atom is -0.435 e. The number of ketones is 1. The molecule has 1 atom stereocenters. The molecule has 0 aromatic heterocycles. The summed E-state index contributed by atoms with van der Waals surface area (Å²) < 4.78 is 9.34. The Bertz CT molecular complexity index is 216. The maximum Gasteiger partial charge on any atom is 0.509 e. The van der Waals surface area contributed by atoms with Gasteiger partial charge in [-0.3, -0.25) is 9.69 Å². The van der Waals surface area contributed by atoms with E-state index in [1.165, 1.54) is 0 Å². The van der Waals surface area contributed by atoms with Gasteiger partial charge < -0.3 is 9.47 Å². The number of hydrogen-bond donors (Lipinski definition) is 0. The van der Waals surface area contributed by atoms with Gasteiger partial charge in [-0.15, -0.1) is 0 Å². The third-order valence-corrected chi connectivity index (χ3v) is 1.76. The van der Waals surface area contributed by atoms with Crippen molar-refractivity contribution in [2.45, 2.75) is 13.0 Å². The Kier molecular flexibility index (Phi) is 3.25. The van der Waals surface area contributed by atoms with Crippen LogP contribution in [0.25, 0.3) is 0 Å². The monoisotopic (exact) mass is 187 g/mol. The van der Waals surface area contributed by atoms with Crippen LogP contribution in [0.5, 0.6) is 0 Å². The van der Waals surface area contributed by atoms with Crippen molar-refractivity contribution >= 4 is 11.9 Å². The molecule has 0 aromatic rings. The van der Waals surface area contributed by atoms with Crippen LogP contribution in [0.2, 0.25) is 0 Å². The lowest BCUT2D eigenvalue weighted by atomic mass is 10.3. The normalized spacial score (nSPS) is 23.2. The van der Waals surface area contributed by atoms with Crippen LogP contribution in [0.1, 0.15) is 6.92 Å². The van der Waals surface area contributed by atoms with Gasteiger partial charge in [0.15, 0.2) is 11.9 Å². The van der Waals surface area contributed by atoms with Crippen molar-refractivity contribution < 1.29 is 19.1 Å². The molecule has 1 fully saturated rings. The van der Waals surface area contributed by atoms with Gasteiger partial charge in [0.1, 0.15) is 0 Å². The van der Waals surface area contributed by atoms with E-state index in [1.807, 2.05) is 0 Å². The standard InChI is InChI=1S/C8H13NO4/c1-3-12-8(11)13-7-5-9(2)4-6(7)10/h7H,3-5H2,1-2H3. The Morgan fingerprint density at radius 3 is 2.85 bits per heavy atom. The molecule has 0 aromatic carbocycles. The second-order valence-electron chi connectivity index (χ2n) is 2.95. The highest BCUT2D eigenvalue weighted by molar-refractivity contribution is 5.88. The van der Waals surface area contributed by atoms with Crippen molar-refractivity contribution in [1.29, 1.82) is 0 Å². The van der Waals surface area contributed by atoms with Crippen LogP contribution in [0.4, 0.5) is 4.79 Å². The molecule has 74 valence electrons. The highest BCUT2D eigenvalue weighted by Crippen LogP contribution is 2.07. The van der Waals surface area contributed by atoms with Crippen LogP contribution in [0, 0.1) is 0 Å². The Balaban J connectivity index is 2.37. The van der Waals surface area contributed by atoms with Crippen LogP contribution in [0.15, 0.2) is 0 Å². The first-order valence-corrected chi connectivity index (χ1v) is 4.18. The predicted octanol–water partition coefficient (Wildman–Crippen LogP) is 0.0426. The van der Waals surface area contributed by atoms with Gasteiger partial charge in [-0.25, -0.2) is 4.79 Å². The highest BCUT2D eigenvalue weighted by Gasteiger charge is 2.31. The topological polar surface area (TPSA) is 55.8 Å². The van der Waals surface area contributed by atoms with Gasteiger partial charge in [0.05, 0.1) is 13.2 Å². The average molecular weight is 187 g/mol. The second-order valence-corrected chi connectivity index (χ2v) is 2.95. The molecule has 13 heavy (non-hydrogen) atoms. The molecule has 0 aliphatic carbocycles. The molecule has 0 amide bonds. The summed E-state index contributed by atoms with van der Waals surface area (Å²) in [5.74, 6) is -0.0736. The van der Waals surface area contributed by atoms with Crippen LogP contribution in [0.3, 0.4) is 0 Å². The molecule has 0 radical (unpaired) electrons. The van der Waals surface area contributed by atoms with Gasteiger partial charge in [-0.2, -0.15) is 0 Å². The summed E-state index contributed by atoms with van der Waals surface area (Å²) in [6.07, 6.45) is -1.42. The first-order valence-electron chi connectivity index (χ1n) is 4.18. The largest absolute Gasteiger partial charge is 0.509 e. The number of carbonyl (C=O) groups is 2. The Labute approximate surface area is 76.6 Å². The average Bonchev–Trinajstić information content (AvgIpc) is 2.30. The summed E-state index contributed by atoms with van der Waals surface area (Å²) in [4.78, 5) is 23.8. The number of Topliss-reactive ketones (excluding diaryl/α,β-unsaturated/α-hetero) is 1. The molecule has 0 N–H and O–H groups in total. The number of rotatable bonds is 2. The molecule has 1 heterocycles. The summed E-state index contributed by atoms with van der Waals surface area (Å²) in [6, 6.07) is 0. The number of hydrogen-bond acceptors (Lipinski definition) is 5. The fourth-order valence-electron chi connectivity index (χ4n) is 1.19. The number of likely N-dealkylation sites (tertiary alicyclic amines) is 1. The van der Waals surface area contributed by atoms with Gasteiger partial charge in [0, 0.05) is 6.54 Å². The molecule has 5 heteroatoms. The maximum atomic E-state index is 11.1. The zero-order valence-corrected chi connectivity index (χ0v) is 7.78. The van der Waals surface area contributed by atoms with Crippen LogP contribution in [-0.2, 0) is 14.3 Å². The summed E-state index contributed by atoms with van der Waals surface area (Å²) >= 11 is 0. The summed E-state index contributed by atoms with van der Waals surface area (Å²) in [5.41, 5.74) is 0. The quantitative estimate of drug-likeness (QED) is 0.571. The minimum atomic E-state index is -0.767. The Morgan fingerprint density at radius 1 is 1.69 bits per heavy atom. The molecule has 1 saturated heterocycles. The van der Waals surface area contributed by atoms with E-state index < -0.39 is 12.3 Å². The third kappa shape index (κ3) is 2.69. The van der Waals surface area contributed by atoms with E-state index in [0.29, 0.717) is 13.1 Å². The lowest BCUT2D eigenvalue weighted by Gasteiger charge is -2.09. The molecule has 1 rings (SSSR count). The number of ether oxygens (including phenoxy) is 2. The van der Waals surface area contributed by atoms with Crippen molar-refractivity contribution in [1.82, 2.24) is 4.90 Å². The van der Waals surface area contributed by atoms with Gasteiger partial charge in [-0.05, 0) is 14.0 Å². The molecule has 1 aliphatic rings. The Hall–Kier alpha value is -1.10. The summed E-state index contributed by atoms with van der Waals surface area (Å²) in [7, 11) is 1.80. The molecule has 1 aliphatic heterocycles. The molecule has 0 spiro atoms.